The first kappa shape index (κ1) is 15.1. The number of hydrogen-bond acceptors (Lipinski definition) is 3. The molecule has 0 bridgehead atoms. The second-order valence-corrected chi connectivity index (χ2v) is 5.97. The molecule has 0 saturated carbocycles. The number of benzene rings is 2. The van der Waals surface area contributed by atoms with Crippen molar-refractivity contribution in [2.75, 3.05) is 13.2 Å². The topological polar surface area (TPSA) is 31.4 Å². The lowest BCUT2D eigenvalue weighted by atomic mass is 9.99. The van der Waals surface area contributed by atoms with Gasteiger partial charge >= 0.3 is 0 Å². The summed E-state index contributed by atoms with van der Waals surface area (Å²) < 4.78 is 25.7. The Morgan fingerprint density at radius 2 is 1.79 bits per heavy atom. The van der Waals surface area contributed by atoms with Crippen molar-refractivity contribution in [2.45, 2.75) is 18.9 Å². The molecule has 1 saturated heterocycles. The lowest BCUT2D eigenvalue weighted by molar-refractivity contribution is 0.0256. The van der Waals surface area contributed by atoms with Gasteiger partial charge in [0.1, 0.15) is 17.7 Å². The van der Waals surface area contributed by atoms with Gasteiger partial charge in [-0.3, -0.25) is 4.98 Å². The Kier molecular flexibility index (Phi) is 4.13. The fraction of sp³-hybridized carbons (Fsp3) is 0.250. The van der Waals surface area contributed by atoms with Crippen LogP contribution in [0.15, 0.2) is 54.9 Å². The molecule has 1 aromatic heterocycles. The van der Waals surface area contributed by atoms with Crippen LogP contribution in [-0.2, 0) is 4.74 Å². The van der Waals surface area contributed by atoms with E-state index >= 15 is 0 Å². The third-order valence-electron chi connectivity index (χ3n) is 4.38. The molecule has 122 valence electrons. The molecule has 0 N–H and O–H groups in total. The molecule has 0 amide bonds. The van der Waals surface area contributed by atoms with E-state index in [2.05, 4.69) is 4.98 Å². The first-order chi connectivity index (χ1) is 11.8. The fourth-order valence-electron chi connectivity index (χ4n) is 3.12. The van der Waals surface area contributed by atoms with E-state index in [-0.39, 0.29) is 11.9 Å². The highest BCUT2D eigenvalue weighted by Gasteiger charge is 2.15. The Balaban J connectivity index is 1.64. The lowest BCUT2D eigenvalue weighted by Crippen LogP contribution is -2.25. The summed E-state index contributed by atoms with van der Waals surface area (Å²) in [4.78, 5) is 4.10. The molecule has 3 aromatic rings. The second-order valence-electron chi connectivity index (χ2n) is 5.97. The summed E-state index contributed by atoms with van der Waals surface area (Å²) in [7, 11) is 0. The molecule has 0 spiro atoms. The predicted molar refractivity (Wildman–Crippen MR) is 91.6 cm³/mol. The number of halogens is 1. The van der Waals surface area contributed by atoms with Crippen molar-refractivity contribution in [3.05, 3.63) is 60.7 Å². The van der Waals surface area contributed by atoms with Gasteiger partial charge in [-0.2, -0.15) is 0 Å². The van der Waals surface area contributed by atoms with Gasteiger partial charge in [0.05, 0.1) is 13.2 Å². The van der Waals surface area contributed by atoms with Crippen molar-refractivity contribution in [1.29, 1.82) is 0 Å². The van der Waals surface area contributed by atoms with Crippen molar-refractivity contribution >= 4 is 10.8 Å². The second kappa shape index (κ2) is 6.57. The van der Waals surface area contributed by atoms with Crippen molar-refractivity contribution in [3.8, 4) is 16.9 Å². The lowest BCUT2D eigenvalue weighted by Gasteiger charge is -2.23. The van der Waals surface area contributed by atoms with Gasteiger partial charge in [-0.05, 0) is 41.3 Å². The largest absolute Gasteiger partial charge is 0.490 e. The van der Waals surface area contributed by atoms with Gasteiger partial charge in [0, 0.05) is 36.2 Å². The zero-order chi connectivity index (χ0) is 16.4. The molecule has 24 heavy (non-hydrogen) atoms. The van der Waals surface area contributed by atoms with Crippen LogP contribution in [0.1, 0.15) is 12.8 Å². The third-order valence-corrected chi connectivity index (χ3v) is 4.38. The van der Waals surface area contributed by atoms with Crippen LogP contribution in [0.4, 0.5) is 4.39 Å². The number of nitrogens with zero attached hydrogens (tertiary/aromatic N) is 1. The van der Waals surface area contributed by atoms with Crippen LogP contribution in [-0.4, -0.2) is 24.3 Å². The van der Waals surface area contributed by atoms with Crippen LogP contribution >= 0.6 is 0 Å². The molecular weight excluding hydrogens is 305 g/mol. The minimum Gasteiger partial charge on any atom is -0.490 e. The van der Waals surface area contributed by atoms with Crippen molar-refractivity contribution < 1.29 is 13.9 Å². The van der Waals surface area contributed by atoms with Gasteiger partial charge in [-0.25, -0.2) is 4.39 Å². The van der Waals surface area contributed by atoms with Gasteiger partial charge in [-0.1, -0.05) is 12.1 Å². The normalized spacial score (nSPS) is 15.5. The molecule has 0 unspecified atom stereocenters. The molecule has 0 atom stereocenters. The number of ether oxygens (including phenoxy) is 2. The Bertz CT molecular complexity index is 842. The van der Waals surface area contributed by atoms with Crippen LogP contribution in [0.2, 0.25) is 0 Å². The summed E-state index contributed by atoms with van der Waals surface area (Å²) >= 11 is 0. The number of pyridine rings is 1. The van der Waals surface area contributed by atoms with Crippen LogP contribution in [0.25, 0.3) is 21.9 Å². The fourth-order valence-corrected chi connectivity index (χ4v) is 3.12. The minimum atomic E-state index is -0.230. The van der Waals surface area contributed by atoms with Crippen LogP contribution < -0.4 is 4.74 Å². The van der Waals surface area contributed by atoms with Crippen LogP contribution in [0.5, 0.6) is 5.75 Å². The van der Waals surface area contributed by atoms with Crippen LogP contribution in [0.3, 0.4) is 0 Å². The molecule has 0 aliphatic carbocycles. The van der Waals surface area contributed by atoms with Gasteiger partial charge in [0.2, 0.25) is 0 Å². The maximum absolute atomic E-state index is 14.4. The number of hydrogen-bond donors (Lipinski definition) is 0. The Labute approximate surface area is 140 Å². The van der Waals surface area contributed by atoms with Gasteiger partial charge in [0.25, 0.3) is 0 Å². The molecule has 4 heteroatoms. The summed E-state index contributed by atoms with van der Waals surface area (Å²) in [5, 5.41) is 1.79. The Morgan fingerprint density at radius 1 is 1.00 bits per heavy atom. The van der Waals surface area contributed by atoms with E-state index in [4.69, 9.17) is 9.47 Å². The van der Waals surface area contributed by atoms with E-state index < -0.39 is 0 Å². The standard InChI is InChI=1S/C20H18FNO2/c21-19-6-3-15-13-22-10-7-18(15)20(19)14-1-4-16(5-2-14)24-17-8-11-23-12-9-17/h1-7,10,13,17H,8-9,11-12H2. The maximum atomic E-state index is 14.4. The molecule has 1 fully saturated rings. The van der Waals surface area contributed by atoms with E-state index in [9.17, 15) is 4.39 Å². The molecular formula is C20H18FNO2. The number of rotatable bonds is 3. The molecule has 2 heterocycles. The van der Waals surface area contributed by atoms with E-state index in [1.165, 1.54) is 6.07 Å². The van der Waals surface area contributed by atoms with E-state index in [1.807, 2.05) is 30.3 Å². The molecule has 0 radical (unpaired) electrons. The smallest absolute Gasteiger partial charge is 0.131 e. The van der Waals surface area contributed by atoms with Gasteiger partial charge in [0.15, 0.2) is 0 Å². The monoisotopic (exact) mass is 323 g/mol. The van der Waals surface area contributed by atoms with E-state index in [1.54, 1.807) is 18.5 Å². The summed E-state index contributed by atoms with van der Waals surface area (Å²) in [6.45, 7) is 1.50. The summed E-state index contributed by atoms with van der Waals surface area (Å²) in [5.41, 5.74) is 1.44. The first-order valence-electron chi connectivity index (χ1n) is 8.18. The average molecular weight is 323 g/mol. The molecule has 1 aliphatic heterocycles. The third kappa shape index (κ3) is 2.97. The molecule has 2 aromatic carbocycles. The highest BCUT2D eigenvalue weighted by molar-refractivity contribution is 5.96. The number of aromatic nitrogens is 1. The quantitative estimate of drug-likeness (QED) is 0.706. The summed E-state index contributed by atoms with van der Waals surface area (Å²) in [5.74, 6) is 0.583. The maximum Gasteiger partial charge on any atom is 0.131 e. The van der Waals surface area contributed by atoms with Gasteiger partial charge in [-0.15, -0.1) is 0 Å². The Morgan fingerprint density at radius 3 is 2.58 bits per heavy atom. The molecule has 4 rings (SSSR count). The summed E-state index contributed by atoms with van der Waals surface area (Å²) in [6, 6.07) is 12.7. The minimum absolute atomic E-state index is 0.199. The average Bonchev–Trinajstić information content (AvgIpc) is 2.63. The molecule has 1 aliphatic rings. The molecule has 3 nitrogen and oxygen atoms in total. The van der Waals surface area contributed by atoms with Gasteiger partial charge < -0.3 is 9.47 Å². The van der Waals surface area contributed by atoms with Crippen molar-refractivity contribution in [3.63, 3.8) is 0 Å². The SMILES string of the molecule is Fc1ccc2cnccc2c1-c1ccc(OC2CCOCC2)cc1. The Hall–Kier alpha value is -2.46. The zero-order valence-electron chi connectivity index (χ0n) is 13.2. The highest BCUT2D eigenvalue weighted by Crippen LogP contribution is 2.32. The number of fused-ring (bicyclic) bond motifs is 1. The van der Waals surface area contributed by atoms with Crippen LogP contribution in [0, 0.1) is 5.82 Å². The zero-order valence-corrected chi connectivity index (χ0v) is 13.2. The van der Waals surface area contributed by atoms with E-state index in [0.717, 1.165) is 48.1 Å². The van der Waals surface area contributed by atoms with Crippen molar-refractivity contribution in [2.24, 2.45) is 0 Å². The highest BCUT2D eigenvalue weighted by atomic mass is 19.1. The predicted octanol–water partition coefficient (Wildman–Crippen LogP) is 4.60. The van der Waals surface area contributed by atoms with E-state index in [0.29, 0.717) is 5.56 Å². The first-order valence-corrected chi connectivity index (χ1v) is 8.18. The van der Waals surface area contributed by atoms with Crippen molar-refractivity contribution in [1.82, 2.24) is 4.98 Å². The summed E-state index contributed by atoms with van der Waals surface area (Å²) in [6.07, 6.45) is 5.46.